The highest BCUT2D eigenvalue weighted by Crippen LogP contribution is 2.28. The number of methoxy groups -OCH3 is 1. The second-order valence-electron chi connectivity index (χ2n) is 7.27. The van der Waals surface area contributed by atoms with E-state index >= 15 is 0 Å². The van der Waals surface area contributed by atoms with Crippen molar-refractivity contribution in [2.75, 3.05) is 25.1 Å². The van der Waals surface area contributed by atoms with Crippen LogP contribution in [0.1, 0.15) is 46.1 Å². The first-order valence-corrected chi connectivity index (χ1v) is 7.82. The summed E-state index contributed by atoms with van der Waals surface area (Å²) in [6.07, 6.45) is 4.14. The molecule has 1 N–H and O–H groups in total. The van der Waals surface area contributed by atoms with E-state index in [1.165, 1.54) is 5.56 Å². The van der Waals surface area contributed by atoms with E-state index < -0.39 is 0 Å². The zero-order valence-electron chi connectivity index (χ0n) is 14.1. The van der Waals surface area contributed by atoms with E-state index in [1.807, 2.05) is 19.4 Å². The van der Waals surface area contributed by atoms with Gasteiger partial charge in [0.2, 0.25) is 0 Å². The SMILES string of the molecule is COC1(C)CCCN(c2ncccc2CNC(C)(C)C)C1. The Morgan fingerprint density at radius 1 is 1.43 bits per heavy atom. The number of pyridine rings is 1. The molecule has 0 aromatic carbocycles. The number of nitrogens with one attached hydrogen (secondary N) is 1. The molecule has 1 atom stereocenters. The van der Waals surface area contributed by atoms with E-state index in [-0.39, 0.29) is 11.1 Å². The largest absolute Gasteiger partial charge is 0.377 e. The Labute approximate surface area is 128 Å². The Morgan fingerprint density at radius 2 is 2.19 bits per heavy atom. The summed E-state index contributed by atoms with van der Waals surface area (Å²) in [6.45, 7) is 11.5. The number of nitrogens with zero attached hydrogens (tertiary/aromatic N) is 2. The molecule has 0 radical (unpaired) electrons. The van der Waals surface area contributed by atoms with Gasteiger partial charge in [-0.1, -0.05) is 6.07 Å². The zero-order chi connectivity index (χ0) is 15.5. The Balaban J connectivity index is 2.15. The standard InChI is InChI=1S/C17H29N3O/c1-16(2,3)19-12-14-8-6-10-18-15(14)20-11-7-9-17(4,13-20)21-5/h6,8,10,19H,7,9,11-13H2,1-5H3. The monoisotopic (exact) mass is 291 g/mol. The summed E-state index contributed by atoms with van der Waals surface area (Å²) in [5, 5.41) is 3.55. The second-order valence-corrected chi connectivity index (χ2v) is 7.27. The lowest BCUT2D eigenvalue weighted by Gasteiger charge is -2.40. The van der Waals surface area contributed by atoms with E-state index in [2.05, 4.69) is 49.0 Å². The predicted molar refractivity (Wildman–Crippen MR) is 87.7 cm³/mol. The second kappa shape index (κ2) is 6.32. The van der Waals surface area contributed by atoms with E-state index in [4.69, 9.17) is 4.74 Å². The molecule has 0 amide bonds. The predicted octanol–water partition coefficient (Wildman–Crippen LogP) is 2.98. The molecule has 1 aromatic rings. The third-order valence-corrected chi connectivity index (χ3v) is 4.13. The maximum atomic E-state index is 5.70. The molecule has 0 spiro atoms. The van der Waals surface area contributed by atoms with Crippen LogP contribution in [-0.2, 0) is 11.3 Å². The van der Waals surface area contributed by atoms with Crippen LogP contribution < -0.4 is 10.2 Å². The van der Waals surface area contributed by atoms with E-state index in [9.17, 15) is 0 Å². The minimum Gasteiger partial charge on any atom is -0.377 e. The fourth-order valence-electron chi connectivity index (χ4n) is 2.77. The molecule has 0 aliphatic carbocycles. The maximum absolute atomic E-state index is 5.70. The van der Waals surface area contributed by atoms with Gasteiger partial charge in [0, 0.05) is 44.0 Å². The highest BCUT2D eigenvalue weighted by atomic mass is 16.5. The van der Waals surface area contributed by atoms with Crippen LogP contribution in [-0.4, -0.2) is 36.3 Å². The van der Waals surface area contributed by atoms with Crippen LogP contribution in [0.3, 0.4) is 0 Å². The molecule has 1 unspecified atom stereocenters. The molecule has 1 aliphatic heterocycles. The summed E-state index contributed by atoms with van der Waals surface area (Å²) < 4.78 is 5.70. The molecular weight excluding hydrogens is 262 g/mol. The van der Waals surface area contributed by atoms with Crippen molar-refractivity contribution in [2.45, 2.75) is 58.2 Å². The molecule has 118 valence electrons. The van der Waals surface area contributed by atoms with E-state index in [1.54, 1.807) is 0 Å². The topological polar surface area (TPSA) is 37.4 Å². The number of ether oxygens (including phenoxy) is 1. The van der Waals surface area contributed by atoms with Crippen molar-refractivity contribution in [2.24, 2.45) is 0 Å². The lowest BCUT2D eigenvalue weighted by Crippen LogP contribution is -2.48. The van der Waals surface area contributed by atoms with Crippen molar-refractivity contribution in [3.8, 4) is 0 Å². The molecule has 2 rings (SSSR count). The van der Waals surface area contributed by atoms with Crippen LogP contribution in [0.5, 0.6) is 0 Å². The summed E-state index contributed by atoms with van der Waals surface area (Å²) in [6, 6.07) is 4.18. The lowest BCUT2D eigenvalue weighted by atomic mass is 9.94. The summed E-state index contributed by atoms with van der Waals surface area (Å²) in [7, 11) is 1.81. The molecule has 1 fully saturated rings. The molecule has 4 heteroatoms. The Bertz CT molecular complexity index is 469. The number of hydrogen-bond acceptors (Lipinski definition) is 4. The van der Waals surface area contributed by atoms with Crippen molar-refractivity contribution in [1.29, 1.82) is 0 Å². The van der Waals surface area contributed by atoms with Gasteiger partial charge in [0.1, 0.15) is 5.82 Å². The Kier molecular flexibility index (Phi) is 4.89. The third-order valence-electron chi connectivity index (χ3n) is 4.13. The molecule has 1 saturated heterocycles. The van der Waals surface area contributed by atoms with Gasteiger partial charge in [0.05, 0.1) is 5.60 Å². The minimum atomic E-state index is -0.0650. The van der Waals surface area contributed by atoms with Gasteiger partial charge in [-0.15, -0.1) is 0 Å². The lowest BCUT2D eigenvalue weighted by molar-refractivity contribution is -0.00485. The van der Waals surface area contributed by atoms with Crippen LogP contribution in [0, 0.1) is 0 Å². The van der Waals surface area contributed by atoms with Crippen LogP contribution in [0.4, 0.5) is 5.82 Å². The van der Waals surface area contributed by atoms with Crippen LogP contribution >= 0.6 is 0 Å². The van der Waals surface area contributed by atoms with Gasteiger partial charge < -0.3 is 15.0 Å². The molecule has 4 nitrogen and oxygen atoms in total. The summed E-state index contributed by atoms with van der Waals surface area (Å²) in [5.41, 5.74) is 1.30. The zero-order valence-corrected chi connectivity index (χ0v) is 14.1. The number of hydrogen-bond donors (Lipinski definition) is 1. The van der Waals surface area contributed by atoms with Crippen LogP contribution in [0.2, 0.25) is 0 Å². The van der Waals surface area contributed by atoms with Crippen molar-refractivity contribution in [1.82, 2.24) is 10.3 Å². The first-order chi connectivity index (χ1) is 9.83. The average Bonchev–Trinajstić information content (AvgIpc) is 2.45. The molecule has 0 bridgehead atoms. The van der Waals surface area contributed by atoms with Crippen molar-refractivity contribution in [3.05, 3.63) is 23.9 Å². The number of anilines is 1. The van der Waals surface area contributed by atoms with Gasteiger partial charge in [-0.3, -0.25) is 0 Å². The molecular formula is C17H29N3O. The van der Waals surface area contributed by atoms with Crippen molar-refractivity contribution < 1.29 is 4.74 Å². The number of aromatic nitrogens is 1. The van der Waals surface area contributed by atoms with Gasteiger partial charge in [0.15, 0.2) is 0 Å². The summed E-state index contributed by atoms with van der Waals surface area (Å²) >= 11 is 0. The molecule has 0 saturated carbocycles. The summed E-state index contributed by atoms with van der Waals surface area (Å²) in [4.78, 5) is 7.00. The molecule has 1 aliphatic rings. The van der Waals surface area contributed by atoms with Gasteiger partial charge >= 0.3 is 0 Å². The fourth-order valence-corrected chi connectivity index (χ4v) is 2.77. The normalized spacial score (nSPS) is 23.4. The van der Waals surface area contributed by atoms with Gasteiger partial charge in [-0.2, -0.15) is 0 Å². The average molecular weight is 291 g/mol. The van der Waals surface area contributed by atoms with Gasteiger partial charge in [-0.25, -0.2) is 4.98 Å². The molecule has 1 aromatic heterocycles. The van der Waals surface area contributed by atoms with E-state index in [0.717, 1.165) is 38.3 Å². The van der Waals surface area contributed by atoms with Crippen LogP contribution in [0.25, 0.3) is 0 Å². The van der Waals surface area contributed by atoms with Gasteiger partial charge in [0.25, 0.3) is 0 Å². The third kappa shape index (κ3) is 4.42. The smallest absolute Gasteiger partial charge is 0.133 e. The Hall–Kier alpha value is -1.13. The van der Waals surface area contributed by atoms with Crippen molar-refractivity contribution in [3.63, 3.8) is 0 Å². The van der Waals surface area contributed by atoms with E-state index in [0.29, 0.717) is 0 Å². The summed E-state index contributed by atoms with van der Waals surface area (Å²) in [5.74, 6) is 1.09. The highest BCUT2D eigenvalue weighted by Gasteiger charge is 2.32. The molecule has 21 heavy (non-hydrogen) atoms. The first kappa shape index (κ1) is 16.2. The van der Waals surface area contributed by atoms with Gasteiger partial charge in [-0.05, 0) is 46.6 Å². The quantitative estimate of drug-likeness (QED) is 0.925. The van der Waals surface area contributed by atoms with Crippen LogP contribution in [0.15, 0.2) is 18.3 Å². The number of piperidine rings is 1. The Morgan fingerprint density at radius 3 is 2.86 bits per heavy atom. The minimum absolute atomic E-state index is 0.0650. The molecule has 2 heterocycles. The fraction of sp³-hybridized carbons (Fsp3) is 0.706. The van der Waals surface area contributed by atoms with Crippen molar-refractivity contribution >= 4 is 5.82 Å². The number of rotatable bonds is 4. The first-order valence-electron chi connectivity index (χ1n) is 7.82. The highest BCUT2D eigenvalue weighted by molar-refractivity contribution is 5.47. The maximum Gasteiger partial charge on any atom is 0.133 e.